The molecule has 1 fully saturated rings. The fraction of sp³-hybridized carbons (Fsp3) is 0.429. The van der Waals surface area contributed by atoms with Gasteiger partial charge in [0.1, 0.15) is 21.5 Å². The van der Waals surface area contributed by atoms with Crippen LogP contribution in [0.1, 0.15) is 33.1 Å². The summed E-state index contributed by atoms with van der Waals surface area (Å²) in [5.74, 6) is 0.345. The molecule has 4 rings (SSSR count). The van der Waals surface area contributed by atoms with E-state index in [0.29, 0.717) is 30.9 Å². The average Bonchev–Trinajstić information content (AvgIpc) is 3.42. The van der Waals surface area contributed by atoms with Gasteiger partial charge >= 0.3 is 0 Å². The van der Waals surface area contributed by atoms with E-state index in [1.54, 1.807) is 17.5 Å². The van der Waals surface area contributed by atoms with Crippen LogP contribution < -0.4 is 9.54 Å². The number of hydrogen-bond donors (Lipinski definition) is 0. The van der Waals surface area contributed by atoms with Crippen LogP contribution >= 0.6 is 22.7 Å². The van der Waals surface area contributed by atoms with E-state index in [9.17, 15) is 13.2 Å². The predicted octanol–water partition coefficient (Wildman–Crippen LogP) is 3.85. The van der Waals surface area contributed by atoms with E-state index in [-0.39, 0.29) is 4.21 Å². The number of aromatic nitrogens is 1. The molecule has 0 aliphatic carbocycles. The number of nitrogens with zero attached hydrogens (tertiary/aromatic N) is 3. The Balaban J connectivity index is 1.75. The van der Waals surface area contributed by atoms with Gasteiger partial charge in [0.25, 0.3) is 15.9 Å². The van der Waals surface area contributed by atoms with Crippen LogP contribution in [0.15, 0.2) is 44.9 Å². The van der Waals surface area contributed by atoms with E-state index < -0.39 is 22.0 Å². The molecule has 0 saturated carbocycles. The van der Waals surface area contributed by atoms with Crippen molar-refractivity contribution in [3.63, 3.8) is 0 Å². The maximum absolute atomic E-state index is 13.2. The smallest absolute Gasteiger partial charge is 0.266 e. The van der Waals surface area contributed by atoms with Crippen LogP contribution in [0.3, 0.4) is 0 Å². The SMILES string of the molecule is CCOc1cccc2sc(=NC(=O)C3CCCCN3S(=O)(=O)c3cccs3)n(CC)c12. The number of piperidine rings is 1. The lowest BCUT2D eigenvalue weighted by atomic mass is 10.0. The van der Waals surface area contributed by atoms with Gasteiger partial charge in [-0.1, -0.05) is 29.9 Å². The number of aryl methyl sites for hydroxylation is 1. The Morgan fingerprint density at radius 2 is 2.06 bits per heavy atom. The molecule has 1 saturated heterocycles. The highest BCUT2D eigenvalue weighted by atomic mass is 32.2. The Hall–Kier alpha value is -2.01. The van der Waals surface area contributed by atoms with Crippen LogP contribution in [0, 0.1) is 0 Å². The van der Waals surface area contributed by atoms with Crippen molar-refractivity contribution in [2.75, 3.05) is 13.2 Å². The lowest BCUT2D eigenvalue weighted by Gasteiger charge is -2.31. The molecule has 10 heteroatoms. The second-order valence-corrected chi connectivity index (χ2v) is 11.2. The number of carbonyl (C=O) groups excluding carboxylic acids is 1. The van der Waals surface area contributed by atoms with Crippen molar-refractivity contribution < 1.29 is 17.9 Å². The van der Waals surface area contributed by atoms with Crippen LogP contribution in [0.25, 0.3) is 10.2 Å². The highest BCUT2D eigenvalue weighted by Gasteiger charge is 2.38. The molecule has 0 bridgehead atoms. The van der Waals surface area contributed by atoms with Crippen LogP contribution in [-0.2, 0) is 21.4 Å². The molecule has 0 N–H and O–H groups in total. The molecular formula is C21H25N3O4S3. The first-order valence-corrected chi connectivity index (χ1v) is 13.5. The molecule has 7 nitrogen and oxygen atoms in total. The molecule has 1 aliphatic heterocycles. The number of benzene rings is 1. The van der Waals surface area contributed by atoms with E-state index in [4.69, 9.17) is 4.74 Å². The summed E-state index contributed by atoms with van der Waals surface area (Å²) in [7, 11) is -3.71. The summed E-state index contributed by atoms with van der Waals surface area (Å²) in [4.78, 5) is 18.2. The van der Waals surface area contributed by atoms with Crippen molar-refractivity contribution in [1.82, 2.24) is 8.87 Å². The predicted molar refractivity (Wildman–Crippen MR) is 123 cm³/mol. The molecule has 1 unspecified atom stereocenters. The summed E-state index contributed by atoms with van der Waals surface area (Å²) in [6, 6.07) is 8.33. The minimum atomic E-state index is -3.71. The summed E-state index contributed by atoms with van der Waals surface area (Å²) >= 11 is 2.59. The Bertz CT molecular complexity index is 1240. The number of thiophene rings is 1. The maximum Gasteiger partial charge on any atom is 0.266 e. The summed E-state index contributed by atoms with van der Waals surface area (Å²) in [5, 5.41) is 1.73. The molecule has 3 aromatic rings. The van der Waals surface area contributed by atoms with Crippen molar-refractivity contribution in [2.45, 2.75) is 49.9 Å². The average molecular weight is 480 g/mol. The van der Waals surface area contributed by atoms with Crippen LogP contribution in [-0.4, -0.2) is 42.4 Å². The van der Waals surface area contributed by atoms with E-state index in [1.165, 1.54) is 27.0 Å². The summed E-state index contributed by atoms with van der Waals surface area (Å²) in [6.45, 7) is 5.43. The molecule has 1 aromatic carbocycles. The number of amides is 1. The van der Waals surface area contributed by atoms with Gasteiger partial charge in [0.2, 0.25) is 0 Å². The van der Waals surface area contributed by atoms with Crippen LogP contribution in [0.4, 0.5) is 0 Å². The number of para-hydroxylation sites is 1. The lowest BCUT2D eigenvalue weighted by molar-refractivity contribution is -0.122. The lowest BCUT2D eigenvalue weighted by Crippen LogP contribution is -2.47. The number of fused-ring (bicyclic) bond motifs is 1. The molecule has 1 aliphatic rings. The van der Waals surface area contributed by atoms with Crippen molar-refractivity contribution in [2.24, 2.45) is 4.99 Å². The Labute approximate surface area is 189 Å². The number of rotatable bonds is 6. The van der Waals surface area contributed by atoms with Crippen LogP contribution in [0.5, 0.6) is 5.75 Å². The van der Waals surface area contributed by atoms with Gasteiger partial charge in [0.15, 0.2) is 4.80 Å². The third-order valence-electron chi connectivity index (χ3n) is 5.28. The Morgan fingerprint density at radius 1 is 1.23 bits per heavy atom. The molecule has 166 valence electrons. The topological polar surface area (TPSA) is 81.0 Å². The van der Waals surface area contributed by atoms with E-state index in [0.717, 1.165) is 28.8 Å². The summed E-state index contributed by atoms with van der Waals surface area (Å²) < 4.78 is 36.6. The number of hydrogen-bond acceptors (Lipinski definition) is 6. The third-order valence-corrected chi connectivity index (χ3v) is 9.61. The van der Waals surface area contributed by atoms with E-state index in [2.05, 4.69) is 4.99 Å². The normalized spacial score (nSPS) is 18.5. The minimum absolute atomic E-state index is 0.263. The van der Waals surface area contributed by atoms with Gasteiger partial charge in [0, 0.05) is 13.1 Å². The quantitative estimate of drug-likeness (QED) is 0.538. The van der Waals surface area contributed by atoms with Crippen molar-refractivity contribution in [3.05, 3.63) is 40.5 Å². The Morgan fingerprint density at radius 3 is 2.77 bits per heavy atom. The van der Waals surface area contributed by atoms with Crippen LogP contribution in [0.2, 0.25) is 0 Å². The fourth-order valence-electron chi connectivity index (χ4n) is 3.88. The number of ether oxygens (including phenoxy) is 1. The monoisotopic (exact) mass is 479 g/mol. The molecule has 0 radical (unpaired) electrons. The second kappa shape index (κ2) is 9.23. The molecule has 0 spiro atoms. The maximum atomic E-state index is 13.2. The zero-order chi connectivity index (χ0) is 22.0. The van der Waals surface area contributed by atoms with Gasteiger partial charge < -0.3 is 9.30 Å². The van der Waals surface area contributed by atoms with E-state index >= 15 is 0 Å². The molecule has 1 amide bonds. The van der Waals surface area contributed by atoms with Crippen molar-refractivity contribution in [3.8, 4) is 5.75 Å². The molecule has 31 heavy (non-hydrogen) atoms. The zero-order valence-corrected chi connectivity index (χ0v) is 19.9. The first-order valence-electron chi connectivity index (χ1n) is 10.4. The molecular weight excluding hydrogens is 454 g/mol. The molecule has 3 heterocycles. The summed E-state index contributed by atoms with van der Waals surface area (Å²) in [6.07, 6.45) is 2.02. The summed E-state index contributed by atoms with van der Waals surface area (Å²) in [5.41, 5.74) is 0.912. The van der Waals surface area contributed by atoms with Crippen molar-refractivity contribution in [1.29, 1.82) is 0 Å². The number of thiazole rings is 1. The van der Waals surface area contributed by atoms with Gasteiger partial charge in [-0.2, -0.15) is 9.30 Å². The standard InChI is InChI=1S/C21H25N3O4S3/c1-3-23-19-16(28-4-2)10-7-11-17(19)30-21(23)22-20(25)15-9-5-6-13-24(15)31(26,27)18-12-8-14-29-18/h7-8,10-12,14-15H,3-6,9,13H2,1-2H3. The van der Waals surface area contributed by atoms with E-state index in [1.807, 2.05) is 36.6 Å². The minimum Gasteiger partial charge on any atom is -0.492 e. The van der Waals surface area contributed by atoms with Gasteiger partial charge in [-0.05, 0) is 50.3 Å². The van der Waals surface area contributed by atoms with Gasteiger partial charge in [0.05, 0.1) is 11.3 Å². The number of carbonyl (C=O) groups is 1. The highest BCUT2D eigenvalue weighted by Crippen LogP contribution is 2.30. The number of sulfonamides is 1. The zero-order valence-electron chi connectivity index (χ0n) is 17.5. The largest absolute Gasteiger partial charge is 0.492 e. The first kappa shape index (κ1) is 22.2. The fourth-order valence-corrected chi connectivity index (χ4v) is 7.77. The molecule has 1 atom stereocenters. The van der Waals surface area contributed by atoms with Crippen molar-refractivity contribution >= 4 is 48.8 Å². The third kappa shape index (κ3) is 4.21. The highest BCUT2D eigenvalue weighted by molar-refractivity contribution is 7.91. The van der Waals surface area contributed by atoms with Gasteiger partial charge in [-0.3, -0.25) is 4.79 Å². The second-order valence-electron chi connectivity index (χ2n) is 7.17. The first-order chi connectivity index (χ1) is 15.0. The van der Waals surface area contributed by atoms with Gasteiger partial charge in [-0.25, -0.2) is 8.42 Å². The Kier molecular flexibility index (Phi) is 6.61. The molecule has 2 aromatic heterocycles. The van der Waals surface area contributed by atoms with Gasteiger partial charge in [-0.15, -0.1) is 11.3 Å².